The molecule has 0 aromatic heterocycles. The Morgan fingerprint density at radius 3 is 2.84 bits per heavy atom. The minimum atomic E-state index is -1.25. The molecule has 1 aliphatic heterocycles. The van der Waals surface area contributed by atoms with Crippen LogP contribution in [0.25, 0.3) is 0 Å². The molecule has 1 heterocycles. The monoisotopic (exact) mass is 290 g/mol. The second-order valence-electron chi connectivity index (χ2n) is 4.51. The predicted octanol–water partition coefficient (Wildman–Crippen LogP) is 2.87. The lowest BCUT2D eigenvalue weighted by atomic mass is 9.64. The van der Waals surface area contributed by atoms with Crippen LogP contribution in [0.3, 0.4) is 0 Å². The second-order valence-corrected chi connectivity index (χ2v) is 6.37. The summed E-state index contributed by atoms with van der Waals surface area (Å²) in [6, 6.07) is 13.1. The number of halogens is 1. The van der Waals surface area contributed by atoms with E-state index in [0.29, 0.717) is 16.5 Å². The molecule has 0 bridgehead atoms. The third kappa shape index (κ3) is 2.36. The molecule has 2 nitrogen and oxygen atoms in total. The number of rotatable bonds is 2. The molecule has 0 saturated heterocycles. The smallest absolute Gasteiger partial charge is 0.324 e. The van der Waals surface area contributed by atoms with Crippen molar-refractivity contribution in [1.29, 1.82) is 0 Å². The van der Waals surface area contributed by atoms with Gasteiger partial charge in [0.2, 0.25) is 0 Å². The van der Waals surface area contributed by atoms with Crippen molar-refractivity contribution in [1.82, 2.24) is 0 Å². The SMILES string of the molecule is CB1OCc2ccc(S(=O)c3ccccc3Cl)cc21. The fourth-order valence-electron chi connectivity index (χ4n) is 2.22. The Hall–Kier alpha value is -1.10. The van der Waals surface area contributed by atoms with Crippen LogP contribution in [0.2, 0.25) is 11.8 Å². The highest BCUT2D eigenvalue weighted by Gasteiger charge is 2.24. The van der Waals surface area contributed by atoms with Crippen LogP contribution in [-0.4, -0.2) is 11.1 Å². The fourth-order valence-corrected chi connectivity index (χ4v) is 3.70. The lowest BCUT2D eigenvalue weighted by Crippen LogP contribution is -2.24. The van der Waals surface area contributed by atoms with Gasteiger partial charge in [0.05, 0.1) is 27.3 Å². The third-order valence-corrected chi connectivity index (χ3v) is 5.17. The molecule has 1 unspecified atom stereocenters. The Morgan fingerprint density at radius 2 is 2.05 bits per heavy atom. The molecule has 1 atom stereocenters. The zero-order valence-electron chi connectivity index (χ0n) is 10.4. The topological polar surface area (TPSA) is 26.3 Å². The van der Waals surface area contributed by atoms with Crippen molar-refractivity contribution in [3.63, 3.8) is 0 Å². The Balaban J connectivity index is 2.02. The number of hydrogen-bond donors (Lipinski definition) is 0. The Bertz CT molecular complexity index is 660. The van der Waals surface area contributed by atoms with Crippen LogP contribution in [0, 0.1) is 0 Å². The minimum absolute atomic E-state index is 0.0678. The molecule has 1 aliphatic rings. The molecule has 0 fully saturated rings. The standard InChI is InChI=1S/C14H12BClO2S/c1-15-12-8-11(7-6-10(12)9-18-15)19(17)14-5-3-2-4-13(14)16/h2-8H,9H2,1H3. The van der Waals surface area contributed by atoms with Crippen molar-refractivity contribution >= 4 is 34.8 Å². The van der Waals surface area contributed by atoms with Gasteiger partial charge in [0, 0.05) is 4.90 Å². The fraction of sp³-hybridized carbons (Fsp3) is 0.143. The van der Waals surface area contributed by atoms with Gasteiger partial charge in [0.1, 0.15) is 0 Å². The Morgan fingerprint density at radius 1 is 1.26 bits per heavy atom. The molecule has 0 aliphatic carbocycles. The normalized spacial score (nSPS) is 15.4. The molecule has 19 heavy (non-hydrogen) atoms. The van der Waals surface area contributed by atoms with Crippen molar-refractivity contribution < 1.29 is 8.86 Å². The summed E-state index contributed by atoms with van der Waals surface area (Å²) in [4.78, 5) is 1.42. The van der Waals surface area contributed by atoms with Crippen molar-refractivity contribution in [2.24, 2.45) is 0 Å². The average Bonchev–Trinajstić information content (AvgIpc) is 2.80. The highest BCUT2D eigenvalue weighted by atomic mass is 35.5. The van der Waals surface area contributed by atoms with Gasteiger partial charge in [-0.1, -0.05) is 36.6 Å². The molecule has 2 aromatic rings. The van der Waals surface area contributed by atoms with E-state index >= 15 is 0 Å². The molecule has 5 heteroatoms. The number of benzene rings is 2. The van der Waals surface area contributed by atoms with Crippen molar-refractivity contribution in [3.8, 4) is 0 Å². The van der Waals surface area contributed by atoms with E-state index < -0.39 is 10.8 Å². The van der Waals surface area contributed by atoms with Crippen LogP contribution >= 0.6 is 11.6 Å². The summed E-state index contributed by atoms with van der Waals surface area (Å²) in [5, 5.41) is 0.533. The van der Waals surface area contributed by atoms with Crippen LogP contribution in [0.5, 0.6) is 0 Å². The van der Waals surface area contributed by atoms with Crippen LogP contribution in [0.15, 0.2) is 52.3 Å². The first-order chi connectivity index (χ1) is 9.16. The van der Waals surface area contributed by atoms with E-state index in [1.54, 1.807) is 12.1 Å². The van der Waals surface area contributed by atoms with E-state index in [1.165, 1.54) is 5.56 Å². The summed E-state index contributed by atoms with van der Waals surface area (Å²) in [6.07, 6.45) is 0. The van der Waals surface area contributed by atoms with Crippen molar-refractivity contribution in [3.05, 3.63) is 53.1 Å². The molecular formula is C14H12BClO2S. The zero-order chi connectivity index (χ0) is 13.4. The molecule has 0 saturated carbocycles. The van der Waals surface area contributed by atoms with Gasteiger partial charge in [-0.3, -0.25) is 0 Å². The van der Waals surface area contributed by atoms with Gasteiger partial charge in [-0.15, -0.1) is 0 Å². The first-order valence-electron chi connectivity index (χ1n) is 6.07. The lowest BCUT2D eigenvalue weighted by molar-refractivity contribution is 0.333. The van der Waals surface area contributed by atoms with Gasteiger partial charge in [0.15, 0.2) is 0 Å². The van der Waals surface area contributed by atoms with Gasteiger partial charge in [-0.2, -0.15) is 0 Å². The predicted molar refractivity (Wildman–Crippen MR) is 78.6 cm³/mol. The zero-order valence-corrected chi connectivity index (χ0v) is 12.0. The first kappa shape index (κ1) is 12.9. The van der Waals surface area contributed by atoms with Crippen LogP contribution in [0.4, 0.5) is 0 Å². The summed E-state index contributed by atoms with van der Waals surface area (Å²) in [5.41, 5.74) is 2.30. The molecule has 0 N–H and O–H groups in total. The summed E-state index contributed by atoms with van der Waals surface area (Å²) < 4.78 is 18.1. The van der Waals surface area contributed by atoms with Gasteiger partial charge >= 0.3 is 6.92 Å². The van der Waals surface area contributed by atoms with Crippen molar-refractivity contribution in [2.45, 2.75) is 23.2 Å². The van der Waals surface area contributed by atoms with Crippen LogP contribution in [0.1, 0.15) is 5.56 Å². The molecule has 0 spiro atoms. The molecule has 0 radical (unpaired) electrons. The lowest BCUT2D eigenvalue weighted by Gasteiger charge is -2.07. The average molecular weight is 291 g/mol. The maximum Gasteiger partial charge on any atom is 0.324 e. The van der Waals surface area contributed by atoms with Gasteiger partial charge in [0.25, 0.3) is 0 Å². The maximum absolute atomic E-state index is 12.6. The molecular weight excluding hydrogens is 278 g/mol. The summed E-state index contributed by atoms with van der Waals surface area (Å²) in [5.74, 6) is 0. The summed E-state index contributed by atoms with van der Waals surface area (Å²) in [6.45, 7) is 2.71. The highest BCUT2D eigenvalue weighted by Crippen LogP contribution is 2.24. The molecule has 3 rings (SSSR count). The number of hydrogen-bond acceptors (Lipinski definition) is 2. The Labute approximate surface area is 120 Å². The Kier molecular flexibility index (Phi) is 3.48. The van der Waals surface area contributed by atoms with Gasteiger partial charge in [-0.05, 0) is 35.3 Å². The summed E-state index contributed by atoms with van der Waals surface area (Å²) >= 11 is 6.10. The third-order valence-electron chi connectivity index (χ3n) is 3.29. The maximum atomic E-state index is 12.6. The van der Waals surface area contributed by atoms with E-state index in [2.05, 4.69) is 0 Å². The van der Waals surface area contributed by atoms with E-state index in [4.69, 9.17) is 16.3 Å². The van der Waals surface area contributed by atoms with E-state index in [9.17, 15) is 4.21 Å². The van der Waals surface area contributed by atoms with Crippen molar-refractivity contribution in [2.75, 3.05) is 0 Å². The quantitative estimate of drug-likeness (QED) is 0.795. The summed E-state index contributed by atoms with van der Waals surface area (Å²) in [7, 11) is -1.25. The second kappa shape index (κ2) is 5.12. The van der Waals surface area contributed by atoms with Gasteiger partial charge in [-0.25, -0.2) is 4.21 Å². The molecule has 96 valence electrons. The minimum Gasteiger partial charge on any atom is -0.427 e. The van der Waals surface area contributed by atoms with E-state index in [-0.39, 0.29) is 6.92 Å². The van der Waals surface area contributed by atoms with E-state index in [0.717, 1.165) is 10.4 Å². The molecule has 0 amide bonds. The first-order valence-corrected chi connectivity index (χ1v) is 7.60. The van der Waals surface area contributed by atoms with Crippen LogP contribution in [-0.2, 0) is 22.1 Å². The largest absolute Gasteiger partial charge is 0.427 e. The molecule has 2 aromatic carbocycles. The highest BCUT2D eigenvalue weighted by molar-refractivity contribution is 7.85. The van der Waals surface area contributed by atoms with E-state index in [1.807, 2.05) is 37.2 Å². The van der Waals surface area contributed by atoms with Crippen LogP contribution < -0.4 is 5.46 Å². The van der Waals surface area contributed by atoms with Gasteiger partial charge < -0.3 is 4.65 Å². The number of fused-ring (bicyclic) bond motifs is 1.